The zero-order chi connectivity index (χ0) is 30.3. The largest absolute Gasteiger partial charge is 0.393 e. The first-order chi connectivity index (χ1) is 21.2. The summed E-state index contributed by atoms with van der Waals surface area (Å²) in [5.41, 5.74) is 2.64. The van der Waals surface area contributed by atoms with E-state index in [4.69, 9.17) is 14.8 Å². The molecule has 7 atom stereocenters. The van der Waals surface area contributed by atoms with E-state index in [0.717, 1.165) is 67.7 Å². The number of hydrogen-bond acceptors (Lipinski definition) is 7. The van der Waals surface area contributed by atoms with Gasteiger partial charge < -0.3 is 14.9 Å². The minimum Gasteiger partial charge on any atom is -0.393 e. The van der Waals surface area contributed by atoms with Gasteiger partial charge in [-0.3, -0.25) is 9.48 Å². The summed E-state index contributed by atoms with van der Waals surface area (Å²) in [6.45, 7) is 6.02. The van der Waals surface area contributed by atoms with Crippen LogP contribution in [0.4, 0.5) is 0 Å². The van der Waals surface area contributed by atoms with Crippen LogP contribution < -0.4 is 0 Å². The average molecular weight is 614 g/mol. The first kappa shape index (κ1) is 28.9. The molecule has 6 unspecified atom stereocenters. The number of Topliss-reactive ketones (excluding diaryl/α,β-unsaturated/α-hetero) is 1. The predicted octanol–water partition coefficient (Wildman–Crippen LogP) is 6.03. The van der Waals surface area contributed by atoms with E-state index >= 15 is 0 Å². The second kappa shape index (κ2) is 10.5. The molecule has 5 aliphatic rings. The maximum absolute atomic E-state index is 13.9. The van der Waals surface area contributed by atoms with Crippen molar-refractivity contribution in [3.05, 3.63) is 59.4 Å². The monoisotopic (exact) mass is 613 g/mol. The van der Waals surface area contributed by atoms with Gasteiger partial charge in [-0.1, -0.05) is 55.4 Å². The third-order valence-electron chi connectivity index (χ3n) is 12.5. The number of ether oxygens (including phenoxy) is 1. The van der Waals surface area contributed by atoms with Crippen LogP contribution in [-0.2, 0) is 16.0 Å². The third-order valence-corrected chi connectivity index (χ3v) is 13.5. The number of aliphatic hydroxyl groups excluding tert-OH is 1. The smallest absolute Gasteiger partial charge is 0.175 e. The Morgan fingerprint density at radius 3 is 2.77 bits per heavy atom. The van der Waals surface area contributed by atoms with Gasteiger partial charge in [0.15, 0.2) is 5.78 Å². The Morgan fingerprint density at radius 1 is 1.11 bits per heavy atom. The molecule has 44 heavy (non-hydrogen) atoms. The van der Waals surface area contributed by atoms with Gasteiger partial charge in [-0.15, -0.1) is 0 Å². The normalized spacial score (nSPS) is 36.7. The summed E-state index contributed by atoms with van der Waals surface area (Å²) in [7, 11) is 0. The molecule has 0 bridgehead atoms. The first-order valence-corrected chi connectivity index (χ1v) is 17.5. The van der Waals surface area contributed by atoms with Crippen LogP contribution >= 0.6 is 11.8 Å². The number of benzene rings is 1. The maximum atomic E-state index is 13.9. The van der Waals surface area contributed by atoms with Crippen LogP contribution in [0.3, 0.4) is 0 Å². The highest BCUT2D eigenvalue weighted by atomic mass is 32.2. The molecule has 7 nitrogen and oxygen atoms in total. The fourth-order valence-electron chi connectivity index (χ4n) is 10.3. The molecule has 3 saturated carbocycles. The van der Waals surface area contributed by atoms with E-state index in [-0.39, 0.29) is 34.7 Å². The highest BCUT2D eigenvalue weighted by molar-refractivity contribution is 7.99. The number of nitrogens with zero attached hydrogens (tertiary/aromatic N) is 3. The standard InChI is InChI=1S/C36H43N3O4S/c1-34-18-23-20-37-39(25-12-15-43-16-13-25)29(23)17-24(34)8-9-26-27-11-14-36(42,35(27,2)19-30(40)33(26)34)31(41)21-44-32-10-7-22-5-3-4-6-28(22)38-32/h3-7,10,17,20,25-27,30,33,40,42H,8-9,11-16,18-19,21H2,1-2H3/t26?,27?,30?,33?,34?,35?,36-/m0/s1. The summed E-state index contributed by atoms with van der Waals surface area (Å²) < 4.78 is 7.84. The van der Waals surface area contributed by atoms with Crippen molar-refractivity contribution in [1.82, 2.24) is 14.8 Å². The Bertz CT molecular complexity index is 1650. The number of aliphatic hydroxyl groups is 2. The highest BCUT2D eigenvalue weighted by Crippen LogP contribution is 2.67. The fraction of sp³-hybridized carbons (Fsp3) is 0.583. The van der Waals surface area contributed by atoms with Crippen LogP contribution in [0.15, 0.2) is 53.2 Å². The molecule has 4 aliphatic carbocycles. The molecule has 0 radical (unpaired) electrons. The number of pyridine rings is 1. The van der Waals surface area contributed by atoms with Gasteiger partial charge >= 0.3 is 0 Å². The molecule has 0 amide bonds. The molecule has 3 aromatic rings. The second-order valence-electron chi connectivity index (χ2n) is 14.6. The van der Waals surface area contributed by atoms with Crippen molar-refractivity contribution in [2.24, 2.45) is 28.6 Å². The van der Waals surface area contributed by atoms with Gasteiger partial charge in [0, 0.05) is 24.0 Å². The van der Waals surface area contributed by atoms with Crippen molar-refractivity contribution in [2.45, 2.75) is 88.0 Å². The molecule has 1 aliphatic heterocycles. The van der Waals surface area contributed by atoms with Crippen molar-refractivity contribution < 1.29 is 19.7 Å². The number of para-hydroxylation sites is 1. The van der Waals surface area contributed by atoms with Crippen LogP contribution in [-0.4, -0.2) is 61.4 Å². The molecule has 0 spiro atoms. The average Bonchev–Trinajstić information content (AvgIpc) is 3.55. The number of carbonyl (C=O) groups is 1. The molecule has 8 heteroatoms. The zero-order valence-electron chi connectivity index (χ0n) is 25.7. The first-order valence-electron chi connectivity index (χ1n) is 16.5. The molecular formula is C36H43N3O4S. The van der Waals surface area contributed by atoms with Gasteiger partial charge in [-0.25, -0.2) is 4.98 Å². The van der Waals surface area contributed by atoms with E-state index in [1.165, 1.54) is 28.6 Å². The summed E-state index contributed by atoms with van der Waals surface area (Å²) in [4.78, 5) is 18.6. The molecule has 8 rings (SSSR count). The van der Waals surface area contributed by atoms with Crippen molar-refractivity contribution >= 4 is 34.5 Å². The summed E-state index contributed by atoms with van der Waals surface area (Å²) in [5, 5.41) is 30.9. The number of rotatable bonds is 5. The quantitative estimate of drug-likeness (QED) is 0.339. The summed E-state index contributed by atoms with van der Waals surface area (Å²) in [5.74, 6) is 0.638. The molecular weight excluding hydrogens is 570 g/mol. The van der Waals surface area contributed by atoms with Gasteiger partial charge in [-0.2, -0.15) is 5.10 Å². The number of hydrogen-bond donors (Lipinski definition) is 2. The fourth-order valence-corrected chi connectivity index (χ4v) is 11.1. The molecule has 1 saturated heterocycles. The minimum absolute atomic E-state index is 0.105. The summed E-state index contributed by atoms with van der Waals surface area (Å²) in [6, 6.07) is 12.3. The van der Waals surface area contributed by atoms with Crippen molar-refractivity contribution in [3.8, 4) is 0 Å². The van der Waals surface area contributed by atoms with Crippen LogP contribution in [0, 0.1) is 28.6 Å². The third kappa shape index (κ3) is 4.24. The summed E-state index contributed by atoms with van der Waals surface area (Å²) >= 11 is 1.40. The predicted molar refractivity (Wildman–Crippen MR) is 171 cm³/mol. The Balaban J connectivity index is 1.03. The minimum atomic E-state index is -1.44. The van der Waals surface area contributed by atoms with E-state index in [9.17, 15) is 15.0 Å². The number of fused-ring (bicyclic) bond motifs is 7. The number of ketones is 1. The van der Waals surface area contributed by atoms with Crippen molar-refractivity contribution in [3.63, 3.8) is 0 Å². The van der Waals surface area contributed by atoms with Gasteiger partial charge in [0.05, 0.1) is 40.3 Å². The maximum Gasteiger partial charge on any atom is 0.175 e. The zero-order valence-corrected chi connectivity index (χ0v) is 26.6. The van der Waals surface area contributed by atoms with Crippen LogP contribution in [0.5, 0.6) is 0 Å². The highest BCUT2D eigenvalue weighted by Gasteiger charge is 2.68. The Hall–Kier alpha value is -2.52. The molecule has 232 valence electrons. The molecule has 1 aromatic carbocycles. The lowest BCUT2D eigenvalue weighted by Gasteiger charge is -2.60. The van der Waals surface area contributed by atoms with Gasteiger partial charge in [-0.05, 0) is 98.3 Å². The van der Waals surface area contributed by atoms with Crippen LogP contribution in [0.1, 0.15) is 76.1 Å². The number of thioether (sulfide) groups is 1. The topological polar surface area (TPSA) is 97.5 Å². The van der Waals surface area contributed by atoms with Gasteiger partial charge in [0.25, 0.3) is 0 Å². The van der Waals surface area contributed by atoms with E-state index in [1.807, 2.05) is 36.4 Å². The van der Waals surface area contributed by atoms with Crippen molar-refractivity contribution in [1.29, 1.82) is 0 Å². The molecule has 2 N–H and O–H groups in total. The number of allylic oxidation sites excluding steroid dienone is 1. The Morgan fingerprint density at radius 2 is 1.93 bits per heavy atom. The lowest BCUT2D eigenvalue weighted by atomic mass is 9.45. The van der Waals surface area contributed by atoms with Crippen molar-refractivity contribution in [2.75, 3.05) is 19.0 Å². The van der Waals surface area contributed by atoms with E-state index in [2.05, 4.69) is 30.8 Å². The second-order valence-corrected chi connectivity index (χ2v) is 15.6. The van der Waals surface area contributed by atoms with Gasteiger partial charge in [0.2, 0.25) is 0 Å². The molecule has 3 heterocycles. The SMILES string of the molecule is CC12Cc3cnn(C4CCOCC4)c3C=C1CCC1C2C(O)CC2(C)C1CC[C@]2(O)C(=O)CSc1ccc2ccccc2n1. The summed E-state index contributed by atoms with van der Waals surface area (Å²) in [6.07, 6.45) is 10.5. The van der Waals surface area contributed by atoms with E-state index in [1.54, 1.807) is 0 Å². The van der Waals surface area contributed by atoms with Gasteiger partial charge in [0.1, 0.15) is 5.60 Å². The molecule has 2 aromatic heterocycles. The van der Waals surface area contributed by atoms with E-state index in [0.29, 0.717) is 18.9 Å². The van der Waals surface area contributed by atoms with Crippen LogP contribution in [0.2, 0.25) is 0 Å². The van der Waals surface area contributed by atoms with E-state index < -0.39 is 17.1 Å². The Labute approximate surface area is 263 Å². The van der Waals surface area contributed by atoms with Crippen LogP contribution in [0.25, 0.3) is 17.0 Å². The lowest BCUT2D eigenvalue weighted by molar-refractivity contribution is -0.177. The molecule has 4 fully saturated rings. The Kier molecular flexibility index (Phi) is 6.91. The lowest BCUT2D eigenvalue weighted by Crippen LogP contribution is -2.62. The number of carbonyl (C=O) groups excluding carboxylic acids is 1. The number of aromatic nitrogens is 3.